The third kappa shape index (κ3) is 5.34. The number of rotatable bonds is 6. The minimum atomic E-state index is -3.59. The van der Waals surface area contributed by atoms with Crippen LogP contribution < -0.4 is 5.32 Å². The molecule has 2 saturated heterocycles. The van der Waals surface area contributed by atoms with Gasteiger partial charge in [0, 0.05) is 30.9 Å². The van der Waals surface area contributed by atoms with Crippen molar-refractivity contribution in [3.63, 3.8) is 0 Å². The minimum Gasteiger partial charge on any atom is -0.322 e. The van der Waals surface area contributed by atoms with E-state index in [-0.39, 0.29) is 10.8 Å². The number of benzene rings is 2. The van der Waals surface area contributed by atoms with Gasteiger partial charge in [-0.1, -0.05) is 37.1 Å². The fraction of sp³-hybridized carbons (Fsp3) is 0.458. The summed E-state index contributed by atoms with van der Waals surface area (Å²) >= 11 is 0. The van der Waals surface area contributed by atoms with Crippen LogP contribution in [0.4, 0.5) is 5.69 Å². The number of anilines is 1. The van der Waals surface area contributed by atoms with E-state index in [0.717, 1.165) is 56.6 Å². The lowest BCUT2D eigenvalue weighted by atomic mass is 10.1. The average Bonchev–Trinajstić information content (AvgIpc) is 3.13. The highest BCUT2D eigenvalue weighted by molar-refractivity contribution is 7.89. The summed E-state index contributed by atoms with van der Waals surface area (Å²) in [7, 11) is -3.59. The molecule has 2 heterocycles. The second kappa shape index (κ2) is 9.94. The molecule has 0 bridgehead atoms. The van der Waals surface area contributed by atoms with E-state index in [4.69, 9.17) is 0 Å². The summed E-state index contributed by atoms with van der Waals surface area (Å²) in [6.45, 7) is 4.06. The van der Waals surface area contributed by atoms with Crippen molar-refractivity contribution in [3.05, 3.63) is 59.7 Å². The molecule has 0 unspecified atom stereocenters. The molecule has 2 aliphatic heterocycles. The van der Waals surface area contributed by atoms with Crippen molar-refractivity contribution in [3.8, 4) is 0 Å². The van der Waals surface area contributed by atoms with Gasteiger partial charge in [0.2, 0.25) is 10.0 Å². The van der Waals surface area contributed by atoms with Gasteiger partial charge in [0.15, 0.2) is 0 Å². The number of para-hydroxylation sites is 1. The van der Waals surface area contributed by atoms with Crippen LogP contribution in [-0.4, -0.2) is 49.7 Å². The quantitative estimate of drug-likeness (QED) is 0.733. The number of sulfonamides is 1. The third-order valence-corrected chi connectivity index (χ3v) is 8.05. The Morgan fingerprint density at radius 1 is 0.839 bits per heavy atom. The third-order valence-electron chi connectivity index (χ3n) is 6.16. The first-order chi connectivity index (χ1) is 15.0. The van der Waals surface area contributed by atoms with E-state index in [1.165, 1.54) is 18.9 Å². The average molecular weight is 442 g/mol. The largest absolute Gasteiger partial charge is 0.322 e. The lowest BCUT2D eigenvalue weighted by Gasteiger charge is -2.20. The van der Waals surface area contributed by atoms with Crippen molar-refractivity contribution in [1.82, 2.24) is 9.21 Å². The van der Waals surface area contributed by atoms with E-state index in [2.05, 4.69) is 10.2 Å². The van der Waals surface area contributed by atoms with Crippen molar-refractivity contribution in [2.75, 3.05) is 31.5 Å². The molecule has 0 aliphatic carbocycles. The standard InChI is InChI=1S/C24H31N3O3S/c28-24(25-23-13-4-3-10-21(23)19-26-14-7-8-15-26)20-11-9-12-22(18-20)31(29,30)27-16-5-1-2-6-17-27/h3-4,9-13,18H,1-2,5-8,14-17,19H2,(H,25,28). The maximum atomic E-state index is 13.1. The van der Waals surface area contributed by atoms with E-state index in [1.807, 2.05) is 24.3 Å². The van der Waals surface area contributed by atoms with Crippen molar-refractivity contribution in [2.24, 2.45) is 0 Å². The van der Waals surface area contributed by atoms with Crippen molar-refractivity contribution in [2.45, 2.75) is 50.0 Å². The molecular weight excluding hydrogens is 410 g/mol. The molecule has 6 nitrogen and oxygen atoms in total. The van der Waals surface area contributed by atoms with Gasteiger partial charge in [0.05, 0.1) is 4.90 Å². The zero-order valence-electron chi connectivity index (χ0n) is 17.9. The number of carbonyl (C=O) groups excluding carboxylic acids is 1. The molecule has 0 aromatic heterocycles. The summed E-state index contributed by atoms with van der Waals surface area (Å²) in [6, 6.07) is 14.2. The van der Waals surface area contributed by atoms with Crippen LogP contribution in [0.25, 0.3) is 0 Å². The number of likely N-dealkylation sites (tertiary alicyclic amines) is 1. The molecule has 166 valence electrons. The van der Waals surface area contributed by atoms with E-state index in [1.54, 1.807) is 22.5 Å². The number of hydrogen-bond donors (Lipinski definition) is 1. The fourth-order valence-corrected chi connectivity index (χ4v) is 5.95. The predicted octanol–water partition coefficient (Wildman–Crippen LogP) is 4.10. The maximum Gasteiger partial charge on any atom is 0.255 e. The van der Waals surface area contributed by atoms with Gasteiger partial charge in [-0.3, -0.25) is 9.69 Å². The highest BCUT2D eigenvalue weighted by Gasteiger charge is 2.26. The number of nitrogens with zero attached hydrogens (tertiary/aromatic N) is 2. The smallest absolute Gasteiger partial charge is 0.255 e. The first kappa shape index (κ1) is 22.0. The van der Waals surface area contributed by atoms with E-state index >= 15 is 0 Å². The van der Waals surface area contributed by atoms with Crippen LogP contribution >= 0.6 is 0 Å². The van der Waals surface area contributed by atoms with Crippen LogP contribution in [0.1, 0.15) is 54.4 Å². The molecule has 0 atom stereocenters. The molecule has 4 rings (SSSR count). The van der Waals surface area contributed by atoms with E-state index < -0.39 is 10.0 Å². The second-order valence-corrected chi connectivity index (χ2v) is 10.4. The van der Waals surface area contributed by atoms with Crippen LogP contribution in [0.5, 0.6) is 0 Å². The van der Waals surface area contributed by atoms with Gasteiger partial charge >= 0.3 is 0 Å². The summed E-state index contributed by atoms with van der Waals surface area (Å²) in [5.41, 5.74) is 2.21. The second-order valence-electron chi connectivity index (χ2n) is 8.44. The fourth-order valence-electron chi connectivity index (χ4n) is 4.39. The molecule has 1 amide bonds. The number of hydrogen-bond acceptors (Lipinski definition) is 4. The van der Waals surface area contributed by atoms with E-state index in [9.17, 15) is 13.2 Å². The molecule has 0 radical (unpaired) electrons. The summed E-state index contributed by atoms with van der Waals surface area (Å²) in [5, 5.41) is 2.99. The number of nitrogens with one attached hydrogen (secondary N) is 1. The highest BCUT2D eigenvalue weighted by Crippen LogP contribution is 2.23. The molecular formula is C24H31N3O3S. The Hall–Kier alpha value is -2.22. The lowest BCUT2D eigenvalue weighted by Crippen LogP contribution is -2.32. The first-order valence-corrected chi connectivity index (χ1v) is 12.7. The van der Waals surface area contributed by atoms with Crippen LogP contribution in [0, 0.1) is 0 Å². The van der Waals surface area contributed by atoms with Gasteiger partial charge in [-0.05, 0) is 68.6 Å². The normalized spacial score (nSPS) is 18.6. The molecule has 2 fully saturated rings. The lowest BCUT2D eigenvalue weighted by molar-refractivity contribution is 0.102. The Bertz CT molecular complexity index is 1010. The Kier molecular flexibility index (Phi) is 7.05. The Morgan fingerprint density at radius 3 is 2.26 bits per heavy atom. The van der Waals surface area contributed by atoms with Gasteiger partial charge in [0.1, 0.15) is 0 Å². The summed E-state index contributed by atoms with van der Waals surface area (Å²) in [4.78, 5) is 15.6. The zero-order valence-corrected chi connectivity index (χ0v) is 18.7. The zero-order chi connectivity index (χ0) is 21.7. The molecule has 2 aromatic rings. The molecule has 1 N–H and O–H groups in total. The maximum absolute atomic E-state index is 13.1. The predicted molar refractivity (Wildman–Crippen MR) is 123 cm³/mol. The van der Waals surface area contributed by atoms with E-state index in [0.29, 0.717) is 18.7 Å². The van der Waals surface area contributed by atoms with Gasteiger partial charge < -0.3 is 5.32 Å². The summed E-state index contributed by atoms with van der Waals surface area (Å²) in [5.74, 6) is -0.290. The first-order valence-electron chi connectivity index (χ1n) is 11.3. The van der Waals surface area contributed by atoms with Gasteiger partial charge in [-0.25, -0.2) is 8.42 Å². The number of carbonyl (C=O) groups is 1. The van der Waals surface area contributed by atoms with Crippen LogP contribution in [0.2, 0.25) is 0 Å². The summed E-state index contributed by atoms with van der Waals surface area (Å²) < 4.78 is 27.8. The Labute approximate surface area is 185 Å². The van der Waals surface area contributed by atoms with Crippen molar-refractivity contribution >= 4 is 21.6 Å². The Balaban J connectivity index is 1.51. The molecule has 31 heavy (non-hydrogen) atoms. The molecule has 0 saturated carbocycles. The topological polar surface area (TPSA) is 69.7 Å². The van der Waals surface area contributed by atoms with Crippen LogP contribution in [-0.2, 0) is 16.6 Å². The number of amides is 1. The van der Waals surface area contributed by atoms with Crippen molar-refractivity contribution in [1.29, 1.82) is 0 Å². The highest BCUT2D eigenvalue weighted by atomic mass is 32.2. The van der Waals surface area contributed by atoms with Crippen molar-refractivity contribution < 1.29 is 13.2 Å². The molecule has 2 aromatic carbocycles. The molecule has 7 heteroatoms. The minimum absolute atomic E-state index is 0.187. The Morgan fingerprint density at radius 2 is 1.52 bits per heavy atom. The SMILES string of the molecule is O=C(Nc1ccccc1CN1CCCC1)c1cccc(S(=O)(=O)N2CCCCCC2)c1. The monoisotopic (exact) mass is 441 g/mol. The van der Waals surface area contributed by atoms with Crippen LogP contribution in [0.3, 0.4) is 0 Å². The van der Waals surface area contributed by atoms with Gasteiger partial charge in [0.25, 0.3) is 5.91 Å². The van der Waals surface area contributed by atoms with Crippen LogP contribution in [0.15, 0.2) is 53.4 Å². The van der Waals surface area contributed by atoms with Gasteiger partial charge in [-0.2, -0.15) is 4.31 Å². The molecule has 2 aliphatic rings. The van der Waals surface area contributed by atoms with Gasteiger partial charge in [-0.15, -0.1) is 0 Å². The summed E-state index contributed by atoms with van der Waals surface area (Å²) in [6.07, 6.45) is 6.32. The molecule has 0 spiro atoms.